The summed E-state index contributed by atoms with van der Waals surface area (Å²) in [6.07, 6.45) is 3.62. The molecule has 0 saturated carbocycles. The average Bonchev–Trinajstić information content (AvgIpc) is 2.78. The molecule has 17 heavy (non-hydrogen) atoms. The Bertz CT molecular complexity index is 362. The largest absolute Gasteiger partial charge is 0.481 e. The average molecular weight is 240 g/mol. The predicted octanol–water partition coefficient (Wildman–Crippen LogP) is 1.29. The van der Waals surface area contributed by atoms with E-state index in [-0.39, 0.29) is 12.5 Å². The molecule has 6 nitrogen and oxygen atoms in total. The molecule has 0 aliphatic heterocycles. The summed E-state index contributed by atoms with van der Waals surface area (Å²) < 4.78 is 4.87. The third kappa shape index (κ3) is 5.05. The molecule has 0 aliphatic carbocycles. The van der Waals surface area contributed by atoms with Crippen LogP contribution in [0.3, 0.4) is 0 Å². The number of carbonyl (C=O) groups is 2. The van der Waals surface area contributed by atoms with E-state index in [4.69, 9.17) is 9.52 Å². The maximum atomic E-state index is 11.6. The van der Waals surface area contributed by atoms with Gasteiger partial charge in [-0.05, 0) is 12.5 Å². The summed E-state index contributed by atoms with van der Waals surface area (Å²) in [5.74, 6) is -0.850. The Hall–Kier alpha value is -1.98. The molecule has 2 N–H and O–H groups in total. The lowest BCUT2D eigenvalue weighted by Gasteiger charge is -2.17. The van der Waals surface area contributed by atoms with Crippen LogP contribution in [0.2, 0.25) is 0 Å². The maximum Gasteiger partial charge on any atom is 0.317 e. The zero-order chi connectivity index (χ0) is 12.7. The van der Waals surface area contributed by atoms with Crippen LogP contribution >= 0.6 is 0 Å². The summed E-state index contributed by atoms with van der Waals surface area (Å²) in [5, 5.41) is 11.2. The normalized spacial score (nSPS) is 9.94. The molecule has 6 heteroatoms. The fourth-order valence-electron chi connectivity index (χ4n) is 1.27. The van der Waals surface area contributed by atoms with E-state index < -0.39 is 5.97 Å². The third-order valence-electron chi connectivity index (χ3n) is 2.25. The lowest BCUT2D eigenvalue weighted by atomic mass is 10.3. The summed E-state index contributed by atoms with van der Waals surface area (Å²) in [6, 6.07) is 1.54. The first kappa shape index (κ1) is 13.1. The van der Waals surface area contributed by atoms with Crippen molar-refractivity contribution in [1.29, 1.82) is 0 Å². The Labute approximate surface area is 99.2 Å². The van der Waals surface area contributed by atoms with Crippen LogP contribution in [0.5, 0.6) is 0 Å². The first-order valence-electron chi connectivity index (χ1n) is 5.31. The SMILES string of the molecule is CN(CCCC(=O)O)C(=O)NCc1ccoc1. The summed E-state index contributed by atoms with van der Waals surface area (Å²) in [5.41, 5.74) is 0.886. The van der Waals surface area contributed by atoms with Gasteiger partial charge in [0.1, 0.15) is 0 Å². The van der Waals surface area contributed by atoms with E-state index in [1.807, 2.05) is 0 Å². The zero-order valence-electron chi connectivity index (χ0n) is 9.68. The Morgan fingerprint density at radius 1 is 1.53 bits per heavy atom. The molecule has 0 atom stereocenters. The van der Waals surface area contributed by atoms with Gasteiger partial charge in [0.15, 0.2) is 0 Å². The molecule has 1 aromatic rings. The zero-order valence-corrected chi connectivity index (χ0v) is 9.68. The van der Waals surface area contributed by atoms with Gasteiger partial charge in [0.25, 0.3) is 0 Å². The van der Waals surface area contributed by atoms with Gasteiger partial charge >= 0.3 is 12.0 Å². The van der Waals surface area contributed by atoms with Gasteiger partial charge in [-0.1, -0.05) is 0 Å². The minimum atomic E-state index is -0.850. The molecule has 0 bridgehead atoms. The van der Waals surface area contributed by atoms with Crippen molar-refractivity contribution in [2.75, 3.05) is 13.6 Å². The van der Waals surface area contributed by atoms with E-state index in [9.17, 15) is 9.59 Å². The number of amides is 2. The summed E-state index contributed by atoms with van der Waals surface area (Å²) in [7, 11) is 1.63. The van der Waals surface area contributed by atoms with Gasteiger partial charge in [0.05, 0.1) is 12.5 Å². The van der Waals surface area contributed by atoms with Gasteiger partial charge in [-0.15, -0.1) is 0 Å². The van der Waals surface area contributed by atoms with Gasteiger partial charge in [-0.3, -0.25) is 4.79 Å². The summed E-state index contributed by atoms with van der Waals surface area (Å²) in [4.78, 5) is 23.3. The lowest BCUT2D eigenvalue weighted by molar-refractivity contribution is -0.137. The highest BCUT2D eigenvalue weighted by molar-refractivity contribution is 5.73. The molecule has 0 radical (unpaired) electrons. The molecule has 1 aromatic heterocycles. The van der Waals surface area contributed by atoms with E-state index in [0.29, 0.717) is 19.5 Å². The summed E-state index contributed by atoms with van der Waals surface area (Å²) >= 11 is 0. The molecule has 94 valence electrons. The van der Waals surface area contributed by atoms with Crippen molar-refractivity contribution in [3.05, 3.63) is 24.2 Å². The highest BCUT2D eigenvalue weighted by Gasteiger charge is 2.08. The van der Waals surface area contributed by atoms with Gasteiger partial charge in [-0.25, -0.2) is 4.79 Å². The van der Waals surface area contributed by atoms with Crippen LogP contribution in [-0.2, 0) is 11.3 Å². The van der Waals surface area contributed by atoms with Crippen molar-refractivity contribution in [2.24, 2.45) is 0 Å². The third-order valence-corrected chi connectivity index (χ3v) is 2.25. The highest BCUT2D eigenvalue weighted by Crippen LogP contribution is 1.99. The Kier molecular flexibility index (Phi) is 5.06. The van der Waals surface area contributed by atoms with Crippen LogP contribution in [-0.4, -0.2) is 35.6 Å². The molecule has 0 aromatic carbocycles. The second-order valence-corrected chi connectivity index (χ2v) is 3.71. The number of carbonyl (C=O) groups excluding carboxylic acids is 1. The lowest BCUT2D eigenvalue weighted by Crippen LogP contribution is -2.37. The van der Waals surface area contributed by atoms with E-state index in [1.54, 1.807) is 19.4 Å². The molecule has 0 fully saturated rings. The number of nitrogens with zero attached hydrogens (tertiary/aromatic N) is 1. The highest BCUT2D eigenvalue weighted by atomic mass is 16.4. The molecule has 1 heterocycles. The van der Waals surface area contributed by atoms with Crippen LogP contribution in [0.15, 0.2) is 23.0 Å². The van der Waals surface area contributed by atoms with Crippen LogP contribution < -0.4 is 5.32 Å². The smallest absolute Gasteiger partial charge is 0.317 e. The Balaban J connectivity index is 2.20. The number of rotatable bonds is 6. The Morgan fingerprint density at radius 3 is 2.88 bits per heavy atom. The quantitative estimate of drug-likeness (QED) is 0.784. The number of carboxylic acids is 1. The van der Waals surface area contributed by atoms with Crippen molar-refractivity contribution in [3.63, 3.8) is 0 Å². The van der Waals surface area contributed by atoms with E-state index in [1.165, 1.54) is 11.2 Å². The number of hydrogen-bond donors (Lipinski definition) is 2. The van der Waals surface area contributed by atoms with Crippen LogP contribution in [0.4, 0.5) is 4.79 Å². The van der Waals surface area contributed by atoms with Crippen molar-refractivity contribution >= 4 is 12.0 Å². The van der Waals surface area contributed by atoms with Crippen molar-refractivity contribution in [3.8, 4) is 0 Å². The van der Waals surface area contributed by atoms with Gasteiger partial charge in [0.2, 0.25) is 0 Å². The number of furan rings is 1. The van der Waals surface area contributed by atoms with Gasteiger partial charge in [-0.2, -0.15) is 0 Å². The predicted molar refractivity (Wildman–Crippen MR) is 60.4 cm³/mol. The molecule has 0 spiro atoms. The van der Waals surface area contributed by atoms with E-state index in [0.717, 1.165) is 5.56 Å². The molecule has 0 saturated heterocycles. The van der Waals surface area contributed by atoms with Crippen LogP contribution in [0.25, 0.3) is 0 Å². The monoisotopic (exact) mass is 240 g/mol. The molecule has 0 unspecified atom stereocenters. The van der Waals surface area contributed by atoms with Crippen molar-refractivity contribution in [1.82, 2.24) is 10.2 Å². The van der Waals surface area contributed by atoms with Crippen molar-refractivity contribution < 1.29 is 19.1 Å². The van der Waals surface area contributed by atoms with Crippen molar-refractivity contribution in [2.45, 2.75) is 19.4 Å². The topological polar surface area (TPSA) is 82.8 Å². The van der Waals surface area contributed by atoms with Gasteiger partial charge in [0, 0.05) is 32.1 Å². The minimum absolute atomic E-state index is 0.0688. The van der Waals surface area contributed by atoms with E-state index in [2.05, 4.69) is 5.32 Å². The number of nitrogens with one attached hydrogen (secondary N) is 1. The molecule has 2 amide bonds. The molecule has 1 rings (SSSR count). The second-order valence-electron chi connectivity index (χ2n) is 3.71. The number of urea groups is 1. The first-order chi connectivity index (χ1) is 8.09. The molecule has 0 aliphatic rings. The van der Waals surface area contributed by atoms with Crippen LogP contribution in [0, 0.1) is 0 Å². The van der Waals surface area contributed by atoms with Crippen LogP contribution in [0.1, 0.15) is 18.4 Å². The first-order valence-corrected chi connectivity index (χ1v) is 5.31. The second kappa shape index (κ2) is 6.57. The summed E-state index contributed by atoms with van der Waals surface area (Å²) in [6.45, 7) is 0.822. The minimum Gasteiger partial charge on any atom is -0.481 e. The number of carboxylic acid groups (broad SMARTS) is 1. The van der Waals surface area contributed by atoms with Gasteiger partial charge < -0.3 is 19.7 Å². The molecular weight excluding hydrogens is 224 g/mol. The molecular formula is C11H16N2O4. The standard InChI is InChI=1S/C11H16N2O4/c1-13(5-2-3-10(14)15)11(16)12-7-9-4-6-17-8-9/h4,6,8H,2-3,5,7H2,1H3,(H,12,16)(H,14,15). The van der Waals surface area contributed by atoms with E-state index >= 15 is 0 Å². The number of hydrogen-bond acceptors (Lipinski definition) is 3. The maximum absolute atomic E-state index is 11.6. The fraction of sp³-hybridized carbons (Fsp3) is 0.455. The number of aliphatic carboxylic acids is 1. The fourth-order valence-corrected chi connectivity index (χ4v) is 1.27. The Morgan fingerprint density at radius 2 is 2.29 bits per heavy atom.